The Labute approximate surface area is 101 Å². The summed E-state index contributed by atoms with van der Waals surface area (Å²) in [6, 6.07) is 0.431. The summed E-state index contributed by atoms with van der Waals surface area (Å²) < 4.78 is 9.27. The van der Waals surface area contributed by atoms with Gasteiger partial charge in [0.25, 0.3) is 0 Å². The van der Waals surface area contributed by atoms with Gasteiger partial charge in [-0.15, -0.1) is 0 Å². The van der Waals surface area contributed by atoms with E-state index in [4.69, 9.17) is 10.5 Å². The van der Waals surface area contributed by atoms with E-state index in [0.717, 1.165) is 11.4 Å². The fraction of sp³-hybridized carbons (Fsp3) is 0.727. The molecule has 3 N–H and O–H groups in total. The molecule has 0 saturated heterocycles. The summed E-state index contributed by atoms with van der Waals surface area (Å²) in [7, 11) is 1.62. The molecular weight excluding hydrogens is 222 g/mol. The van der Waals surface area contributed by atoms with Gasteiger partial charge in [-0.2, -0.15) is 4.37 Å². The van der Waals surface area contributed by atoms with Crippen LogP contribution in [-0.2, 0) is 0 Å². The van der Waals surface area contributed by atoms with Crippen LogP contribution in [0.3, 0.4) is 0 Å². The van der Waals surface area contributed by atoms with E-state index in [0.29, 0.717) is 17.6 Å². The van der Waals surface area contributed by atoms with Crippen molar-refractivity contribution in [3.8, 4) is 5.75 Å². The predicted molar refractivity (Wildman–Crippen MR) is 70.3 cm³/mol. The first-order valence-electron chi connectivity index (χ1n) is 5.74. The first-order chi connectivity index (χ1) is 7.69. The number of ether oxygens (including phenoxy) is 1. The molecule has 1 aromatic rings. The lowest BCUT2D eigenvalue weighted by Gasteiger charge is -2.13. The highest BCUT2D eigenvalue weighted by Crippen LogP contribution is 2.35. The van der Waals surface area contributed by atoms with Crippen LogP contribution in [0.5, 0.6) is 5.75 Å². The van der Waals surface area contributed by atoms with Crippen molar-refractivity contribution in [3.05, 3.63) is 0 Å². The molecule has 0 radical (unpaired) electrons. The van der Waals surface area contributed by atoms with Gasteiger partial charge in [0.15, 0.2) is 16.6 Å². The Balaban J connectivity index is 2.45. The van der Waals surface area contributed by atoms with Crippen LogP contribution in [0.15, 0.2) is 0 Å². The van der Waals surface area contributed by atoms with E-state index in [2.05, 4.69) is 23.5 Å². The van der Waals surface area contributed by atoms with Gasteiger partial charge in [-0.3, -0.25) is 0 Å². The molecule has 0 bridgehead atoms. The third-order valence-electron chi connectivity index (χ3n) is 2.50. The van der Waals surface area contributed by atoms with E-state index in [-0.39, 0.29) is 0 Å². The maximum absolute atomic E-state index is 5.68. The molecule has 16 heavy (non-hydrogen) atoms. The smallest absolute Gasteiger partial charge is 0.197 e. The maximum Gasteiger partial charge on any atom is 0.197 e. The van der Waals surface area contributed by atoms with Gasteiger partial charge in [0, 0.05) is 6.04 Å². The zero-order valence-corrected chi connectivity index (χ0v) is 11.1. The molecule has 0 aromatic carbocycles. The van der Waals surface area contributed by atoms with Crippen LogP contribution >= 0.6 is 11.5 Å². The van der Waals surface area contributed by atoms with E-state index in [9.17, 15) is 0 Å². The number of methoxy groups -OCH3 is 1. The number of nitrogens with one attached hydrogen (secondary N) is 1. The van der Waals surface area contributed by atoms with E-state index in [1.54, 1.807) is 7.11 Å². The summed E-state index contributed by atoms with van der Waals surface area (Å²) in [5, 5.41) is 4.33. The lowest BCUT2D eigenvalue weighted by atomic mass is 10.1. The van der Waals surface area contributed by atoms with Crippen molar-refractivity contribution in [3.63, 3.8) is 0 Å². The van der Waals surface area contributed by atoms with Gasteiger partial charge in [0.2, 0.25) is 0 Å². The summed E-state index contributed by atoms with van der Waals surface area (Å²) in [5.74, 6) is 1.14. The van der Waals surface area contributed by atoms with Crippen LogP contribution in [-0.4, -0.2) is 17.5 Å². The Morgan fingerprint density at radius 1 is 1.50 bits per heavy atom. The molecule has 1 unspecified atom stereocenters. The highest BCUT2D eigenvalue weighted by molar-refractivity contribution is 7.11. The second-order valence-corrected chi connectivity index (χ2v) is 4.74. The Hall–Kier alpha value is -0.970. The Morgan fingerprint density at radius 3 is 2.88 bits per heavy atom. The number of anilines is 2. The van der Waals surface area contributed by atoms with Crippen LogP contribution < -0.4 is 15.8 Å². The second-order valence-electron chi connectivity index (χ2n) is 3.97. The fourth-order valence-corrected chi connectivity index (χ4v) is 2.38. The molecule has 0 aliphatic heterocycles. The van der Waals surface area contributed by atoms with Gasteiger partial charge in [-0.1, -0.05) is 26.2 Å². The van der Waals surface area contributed by atoms with Gasteiger partial charge in [-0.25, -0.2) is 0 Å². The average molecular weight is 243 g/mol. The first-order valence-corrected chi connectivity index (χ1v) is 6.52. The average Bonchev–Trinajstić information content (AvgIpc) is 2.59. The minimum atomic E-state index is 0.431. The minimum Gasteiger partial charge on any atom is -0.490 e. The lowest BCUT2D eigenvalue weighted by Crippen LogP contribution is -2.14. The number of nitrogens with zero attached hydrogens (tertiary/aromatic N) is 1. The van der Waals surface area contributed by atoms with Crippen LogP contribution in [0.2, 0.25) is 0 Å². The largest absolute Gasteiger partial charge is 0.490 e. The van der Waals surface area contributed by atoms with Gasteiger partial charge in [-0.05, 0) is 24.9 Å². The molecule has 0 aliphatic carbocycles. The number of nitrogens with two attached hydrogens (primary N) is 1. The summed E-state index contributed by atoms with van der Waals surface area (Å²) >= 11 is 1.36. The van der Waals surface area contributed by atoms with Crippen molar-refractivity contribution >= 4 is 22.4 Å². The standard InChI is InChI=1S/C11H21N3OS/c1-4-5-6-7-8(2)13-11-9(15-3)10(12)14-16-11/h8,13H,4-7H2,1-3H3,(H2,12,14). The monoisotopic (exact) mass is 243 g/mol. The molecule has 0 aliphatic rings. The fourth-order valence-electron chi connectivity index (χ4n) is 1.58. The summed E-state index contributed by atoms with van der Waals surface area (Å²) in [6.45, 7) is 4.38. The van der Waals surface area contributed by atoms with E-state index in [1.165, 1.54) is 30.8 Å². The Morgan fingerprint density at radius 2 is 2.25 bits per heavy atom. The summed E-state index contributed by atoms with van der Waals surface area (Å²) in [4.78, 5) is 0. The molecule has 0 fully saturated rings. The highest BCUT2D eigenvalue weighted by Gasteiger charge is 2.13. The van der Waals surface area contributed by atoms with Gasteiger partial charge >= 0.3 is 0 Å². The molecule has 4 nitrogen and oxygen atoms in total. The number of rotatable bonds is 7. The van der Waals surface area contributed by atoms with E-state index >= 15 is 0 Å². The van der Waals surface area contributed by atoms with Gasteiger partial charge in [0.05, 0.1) is 7.11 Å². The number of unbranched alkanes of at least 4 members (excludes halogenated alkanes) is 2. The SMILES string of the molecule is CCCCCC(C)Nc1snc(N)c1OC. The van der Waals surface area contributed by atoms with Crippen molar-refractivity contribution in [2.24, 2.45) is 0 Å². The zero-order chi connectivity index (χ0) is 12.0. The Bertz CT molecular complexity index is 314. The summed E-state index contributed by atoms with van der Waals surface area (Å²) in [5.41, 5.74) is 5.68. The number of nitrogen functional groups attached to an aromatic ring is 1. The van der Waals surface area contributed by atoms with Crippen LogP contribution in [0.4, 0.5) is 10.8 Å². The van der Waals surface area contributed by atoms with Crippen molar-refractivity contribution in [1.82, 2.24) is 4.37 Å². The molecule has 1 atom stereocenters. The second kappa shape index (κ2) is 6.58. The molecule has 5 heteroatoms. The van der Waals surface area contributed by atoms with Crippen molar-refractivity contribution < 1.29 is 4.74 Å². The lowest BCUT2D eigenvalue weighted by molar-refractivity contribution is 0.419. The predicted octanol–water partition coefficient (Wildman–Crippen LogP) is 3.11. The maximum atomic E-state index is 5.68. The third kappa shape index (κ3) is 3.56. The third-order valence-corrected chi connectivity index (χ3v) is 3.27. The van der Waals surface area contributed by atoms with Crippen LogP contribution in [0, 0.1) is 0 Å². The number of aromatic nitrogens is 1. The van der Waals surface area contributed by atoms with Gasteiger partial charge in [0.1, 0.15) is 0 Å². The molecule has 1 aromatic heterocycles. The molecule has 1 rings (SSSR count). The topological polar surface area (TPSA) is 60.2 Å². The van der Waals surface area contributed by atoms with Crippen molar-refractivity contribution in [2.45, 2.75) is 45.6 Å². The van der Waals surface area contributed by atoms with Crippen LogP contribution in [0.25, 0.3) is 0 Å². The van der Waals surface area contributed by atoms with Gasteiger partial charge < -0.3 is 15.8 Å². The minimum absolute atomic E-state index is 0.431. The quantitative estimate of drug-likeness (QED) is 0.722. The summed E-state index contributed by atoms with van der Waals surface area (Å²) in [6.07, 6.45) is 4.95. The zero-order valence-electron chi connectivity index (χ0n) is 10.2. The highest BCUT2D eigenvalue weighted by atomic mass is 32.1. The Kier molecular flexibility index (Phi) is 5.38. The first kappa shape index (κ1) is 13.1. The van der Waals surface area contributed by atoms with Crippen LogP contribution in [0.1, 0.15) is 39.5 Å². The van der Waals surface area contributed by atoms with E-state index in [1.807, 2.05) is 0 Å². The number of hydrogen-bond donors (Lipinski definition) is 2. The normalized spacial score (nSPS) is 12.4. The van der Waals surface area contributed by atoms with E-state index < -0.39 is 0 Å². The number of hydrogen-bond acceptors (Lipinski definition) is 5. The molecule has 92 valence electrons. The van der Waals surface area contributed by atoms with Crippen molar-refractivity contribution in [2.75, 3.05) is 18.2 Å². The molecule has 0 saturated carbocycles. The molecule has 0 spiro atoms. The molecular formula is C11H21N3OS. The molecule has 1 heterocycles. The van der Waals surface area contributed by atoms with Crippen molar-refractivity contribution in [1.29, 1.82) is 0 Å². The molecule has 0 amide bonds.